The highest BCUT2D eigenvalue weighted by Gasteiger charge is 1.99. The zero-order valence-corrected chi connectivity index (χ0v) is 6.33. The van der Waals surface area contributed by atoms with Crippen molar-refractivity contribution in [1.29, 1.82) is 0 Å². The predicted octanol–water partition coefficient (Wildman–Crippen LogP) is 0.621. The smallest absolute Gasteiger partial charge is 0.286 e. The Kier molecular flexibility index (Phi) is 4.66. The van der Waals surface area contributed by atoms with Crippen LogP contribution in [0.2, 0.25) is 0 Å². The second-order valence-corrected chi connectivity index (χ2v) is 2.39. The summed E-state index contributed by atoms with van der Waals surface area (Å²) in [5, 5.41) is 2.28. The lowest BCUT2D eigenvalue weighted by atomic mass is 10.3. The van der Waals surface area contributed by atoms with E-state index in [0.717, 1.165) is 6.54 Å². The molecule has 4 heteroatoms. The number of carbonyl (C=O) groups excluding carboxylic acids is 1. The van der Waals surface area contributed by atoms with Crippen molar-refractivity contribution in [3.05, 3.63) is 4.91 Å². The van der Waals surface area contributed by atoms with E-state index in [1.807, 2.05) is 19.0 Å². The summed E-state index contributed by atoms with van der Waals surface area (Å²) in [5.74, 6) is -0.554. The van der Waals surface area contributed by atoms with Crippen LogP contribution in [-0.2, 0) is 4.79 Å². The largest absolute Gasteiger partial charge is 0.309 e. The van der Waals surface area contributed by atoms with E-state index in [2.05, 4.69) is 5.18 Å². The van der Waals surface area contributed by atoms with Gasteiger partial charge in [-0.05, 0) is 27.1 Å². The molecule has 0 bridgehead atoms. The third-order valence-electron chi connectivity index (χ3n) is 1.10. The summed E-state index contributed by atoms with van der Waals surface area (Å²) in [7, 11) is 3.83. The van der Waals surface area contributed by atoms with Gasteiger partial charge in [0, 0.05) is 11.6 Å². The molecule has 10 heavy (non-hydrogen) atoms. The van der Waals surface area contributed by atoms with Crippen molar-refractivity contribution in [2.45, 2.75) is 12.8 Å². The molecule has 0 aliphatic rings. The standard InChI is InChI=1S/C6H12N2O2/c1-8(2)5-3-4-6(9)7-10/h3-5H2,1-2H3. The third kappa shape index (κ3) is 5.37. The molecule has 0 spiro atoms. The number of amides is 1. The van der Waals surface area contributed by atoms with Gasteiger partial charge in [-0.2, -0.15) is 0 Å². The molecule has 0 atom stereocenters. The third-order valence-corrected chi connectivity index (χ3v) is 1.10. The van der Waals surface area contributed by atoms with E-state index < -0.39 is 5.91 Å². The maximum atomic E-state index is 10.3. The molecule has 0 aliphatic carbocycles. The number of hydrogen-bond acceptors (Lipinski definition) is 3. The lowest BCUT2D eigenvalue weighted by molar-refractivity contribution is -0.118. The van der Waals surface area contributed by atoms with Crippen molar-refractivity contribution in [1.82, 2.24) is 4.90 Å². The quantitative estimate of drug-likeness (QED) is 0.543. The highest BCUT2D eigenvalue weighted by Crippen LogP contribution is 1.92. The minimum atomic E-state index is -0.554. The summed E-state index contributed by atoms with van der Waals surface area (Å²) in [5.41, 5.74) is 0. The summed E-state index contributed by atoms with van der Waals surface area (Å²) in [4.78, 5) is 21.8. The summed E-state index contributed by atoms with van der Waals surface area (Å²) in [6.45, 7) is 0.821. The van der Waals surface area contributed by atoms with Gasteiger partial charge >= 0.3 is 0 Å². The number of carbonyl (C=O) groups is 1. The molecule has 0 rings (SSSR count). The Labute approximate surface area is 60.2 Å². The summed E-state index contributed by atoms with van der Waals surface area (Å²) < 4.78 is 0. The minimum absolute atomic E-state index is 0.266. The molecular weight excluding hydrogens is 132 g/mol. The zero-order valence-electron chi connectivity index (χ0n) is 6.33. The number of hydrogen-bond donors (Lipinski definition) is 0. The van der Waals surface area contributed by atoms with Crippen LogP contribution in [0.25, 0.3) is 0 Å². The molecule has 0 heterocycles. The molecule has 0 radical (unpaired) electrons. The van der Waals surface area contributed by atoms with Crippen LogP contribution in [0.1, 0.15) is 12.8 Å². The maximum absolute atomic E-state index is 10.3. The molecular formula is C6H12N2O2. The highest BCUT2D eigenvalue weighted by atomic mass is 16.3. The van der Waals surface area contributed by atoms with Gasteiger partial charge in [-0.15, -0.1) is 4.91 Å². The van der Waals surface area contributed by atoms with Crippen molar-refractivity contribution in [2.24, 2.45) is 5.18 Å². The normalized spacial score (nSPS) is 9.90. The van der Waals surface area contributed by atoms with Crippen molar-refractivity contribution < 1.29 is 4.79 Å². The van der Waals surface area contributed by atoms with E-state index in [1.54, 1.807) is 0 Å². The first-order valence-corrected chi connectivity index (χ1v) is 3.17. The summed E-state index contributed by atoms with van der Waals surface area (Å²) >= 11 is 0. The molecule has 0 N–H and O–H groups in total. The molecule has 0 unspecified atom stereocenters. The van der Waals surface area contributed by atoms with Crippen LogP contribution in [-0.4, -0.2) is 31.4 Å². The van der Waals surface area contributed by atoms with E-state index in [1.165, 1.54) is 0 Å². The van der Waals surface area contributed by atoms with E-state index in [0.29, 0.717) is 6.42 Å². The fraction of sp³-hybridized carbons (Fsp3) is 0.833. The number of rotatable bonds is 4. The topological polar surface area (TPSA) is 49.7 Å². The van der Waals surface area contributed by atoms with Crippen LogP contribution in [0, 0.1) is 4.91 Å². The molecule has 0 aliphatic heterocycles. The minimum Gasteiger partial charge on any atom is -0.309 e. The van der Waals surface area contributed by atoms with Crippen molar-refractivity contribution >= 4 is 5.91 Å². The molecule has 0 aromatic rings. The first kappa shape index (κ1) is 9.23. The van der Waals surface area contributed by atoms with Crippen LogP contribution in [0.5, 0.6) is 0 Å². The summed E-state index contributed by atoms with van der Waals surface area (Å²) in [6.07, 6.45) is 0.971. The van der Waals surface area contributed by atoms with Crippen LogP contribution in [0.3, 0.4) is 0 Å². The highest BCUT2D eigenvalue weighted by molar-refractivity contribution is 5.76. The van der Waals surface area contributed by atoms with Crippen LogP contribution in [0.15, 0.2) is 5.18 Å². The number of nitroso groups, excluding NO2 is 1. The van der Waals surface area contributed by atoms with Crippen molar-refractivity contribution in [2.75, 3.05) is 20.6 Å². The van der Waals surface area contributed by atoms with Crippen LogP contribution < -0.4 is 0 Å². The maximum Gasteiger partial charge on any atom is 0.286 e. The van der Waals surface area contributed by atoms with Crippen molar-refractivity contribution in [3.8, 4) is 0 Å². The average molecular weight is 144 g/mol. The number of nitrogens with zero attached hydrogens (tertiary/aromatic N) is 2. The van der Waals surface area contributed by atoms with Crippen molar-refractivity contribution in [3.63, 3.8) is 0 Å². The van der Waals surface area contributed by atoms with Gasteiger partial charge in [-0.1, -0.05) is 0 Å². The molecule has 1 amide bonds. The lowest BCUT2D eigenvalue weighted by Gasteiger charge is -2.06. The Morgan fingerprint density at radius 3 is 2.50 bits per heavy atom. The molecule has 0 saturated carbocycles. The second-order valence-electron chi connectivity index (χ2n) is 2.39. The Bertz CT molecular complexity index is 123. The summed E-state index contributed by atoms with van der Waals surface area (Å²) in [6, 6.07) is 0. The molecule has 4 nitrogen and oxygen atoms in total. The molecule has 0 aromatic carbocycles. The fourth-order valence-corrected chi connectivity index (χ4v) is 0.592. The van der Waals surface area contributed by atoms with Gasteiger partial charge < -0.3 is 4.90 Å². The predicted molar refractivity (Wildman–Crippen MR) is 38.6 cm³/mol. The molecule has 0 aromatic heterocycles. The van der Waals surface area contributed by atoms with E-state index >= 15 is 0 Å². The van der Waals surface area contributed by atoms with E-state index in [4.69, 9.17) is 0 Å². The Morgan fingerprint density at radius 1 is 1.50 bits per heavy atom. The SMILES string of the molecule is CN(C)CCCC(=O)N=O. The Morgan fingerprint density at radius 2 is 2.10 bits per heavy atom. The average Bonchev–Trinajstić information content (AvgIpc) is 1.87. The monoisotopic (exact) mass is 144 g/mol. The van der Waals surface area contributed by atoms with Gasteiger partial charge in [0.1, 0.15) is 0 Å². The van der Waals surface area contributed by atoms with Gasteiger partial charge in [-0.3, -0.25) is 4.79 Å². The Hall–Kier alpha value is -0.770. The van der Waals surface area contributed by atoms with Crippen LogP contribution >= 0.6 is 0 Å². The van der Waals surface area contributed by atoms with E-state index in [9.17, 15) is 9.70 Å². The first-order chi connectivity index (χ1) is 4.66. The fourth-order valence-electron chi connectivity index (χ4n) is 0.592. The van der Waals surface area contributed by atoms with Gasteiger partial charge in [-0.25, -0.2) is 0 Å². The van der Waals surface area contributed by atoms with Gasteiger partial charge in [0.2, 0.25) is 0 Å². The zero-order chi connectivity index (χ0) is 7.98. The van der Waals surface area contributed by atoms with Crippen LogP contribution in [0.4, 0.5) is 0 Å². The lowest BCUT2D eigenvalue weighted by Crippen LogP contribution is -2.13. The van der Waals surface area contributed by atoms with E-state index in [-0.39, 0.29) is 6.42 Å². The molecule has 0 fully saturated rings. The first-order valence-electron chi connectivity index (χ1n) is 3.17. The van der Waals surface area contributed by atoms with Gasteiger partial charge in [0.25, 0.3) is 5.91 Å². The Balaban J connectivity index is 3.19. The molecule has 58 valence electrons. The molecule has 0 saturated heterocycles. The van der Waals surface area contributed by atoms with Gasteiger partial charge in [0.15, 0.2) is 0 Å². The van der Waals surface area contributed by atoms with Gasteiger partial charge in [0.05, 0.1) is 0 Å². The second kappa shape index (κ2) is 5.05.